The standard InChI is InChI=1S/C12H23N3O3/c1-9(2)10(8-13)11(16)14-4-6-15(7-5-14)12(17)18-3/h9-10H,4-8,13H2,1-3H3. The summed E-state index contributed by atoms with van der Waals surface area (Å²) in [5, 5.41) is 0. The highest BCUT2D eigenvalue weighted by molar-refractivity contribution is 5.79. The van der Waals surface area contributed by atoms with Crippen LogP contribution in [0, 0.1) is 11.8 Å². The van der Waals surface area contributed by atoms with Gasteiger partial charge in [0.1, 0.15) is 0 Å². The van der Waals surface area contributed by atoms with E-state index in [1.165, 1.54) is 7.11 Å². The molecule has 1 aliphatic heterocycles. The van der Waals surface area contributed by atoms with Crippen molar-refractivity contribution in [1.29, 1.82) is 0 Å². The summed E-state index contributed by atoms with van der Waals surface area (Å²) in [6.45, 7) is 6.52. The van der Waals surface area contributed by atoms with E-state index in [1.54, 1.807) is 9.80 Å². The third-order valence-electron chi connectivity index (χ3n) is 3.40. The van der Waals surface area contributed by atoms with Crippen molar-refractivity contribution in [2.45, 2.75) is 13.8 Å². The Kier molecular flexibility index (Phi) is 5.40. The van der Waals surface area contributed by atoms with Crippen molar-refractivity contribution in [3.63, 3.8) is 0 Å². The Morgan fingerprint density at radius 2 is 1.67 bits per heavy atom. The van der Waals surface area contributed by atoms with Gasteiger partial charge in [0, 0.05) is 32.7 Å². The fourth-order valence-electron chi connectivity index (χ4n) is 2.13. The number of hydrogen-bond acceptors (Lipinski definition) is 4. The number of piperazine rings is 1. The third kappa shape index (κ3) is 3.35. The summed E-state index contributed by atoms with van der Waals surface area (Å²) in [5.74, 6) is 0.202. The Labute approximate surface area is 108 Å². The zero-order valence-electron chi connectivity index (χ0n) is 11.4. The molecule has 2 amide bonds. The molecule has 1 aliphatic rings. The zero-order valence-corrected chi connectivity index (χ0v) is 11.4. The Bertz CT molecular complexity index is 299. The van der Waals surface area contributed by atoms with E-state index >= 15 is 0 Å². The average molecular weight is 257 g/mol. The predicted octanol–water partition coefficient (Wildman–Crippen LogP) is 0.128. The van der Waals surface area contributed by atoms with Crippen LogP contribution in [-0.4, -0.2) is 61.6 Å². The minimum absolute atomic E-state index is 0.0945. The monoisotopic (exact) mass is 257 g/mol. The molecule has 6 nitrogen and oxygen atoms in total. The summed E-state index contributed by atoms with van der Waals surface area (Å²) < 4.78 is 4.66. The van der Waals surface area contributed by atoms with E-state index in [1.807, 2.05) is 13.8 Å². The fourth-order valence-corrected chi connectivity index (χ4v) is 2.13. The molecular formula is C12H23N3O3. The van der Waals surface area contributed by atoms with Gasteiger partial charge in [0.05, 0.1) is 13.0 Å². The van der Waals surface area contributed by atoms with Gasteiger partial charge < -0.3 is 20.3 Å². The second-order valence-electron chi connectivity index (χ2n) is 4.87. The molecule has 6 heteroatoms. The van der Waals surface area contributed by atoms with Gasteiger partial charge in [-0.15, -0.1) is 0 Å². The topological polar surface area (TPSA) is 75.9 Å². The second-order valence-corrected chi connectivity index (χ2v) is 4.87. The first-order valence-corrected chi connectivity index (χ1v) is 6.33. The number of nitrogens with two attached hydrogens (primary N) is 1. The molecule has 2 N–H and O–H groups in total. The van der Waals surface area contributed by atoms with Gasteiger partial charge in [0.25, 0.3) is 0 Å². The Morgan fingerprint density at radius 3 is 2.06 bits per heavy atom. The maximum absolute atomic E-state index is 12.2. The number of amides is 2. The van der Waals surface area contributed by atoms with Crippen LogP contribution in [-0.2, 0) is 9.53 Å². The number of hydrogen-bond donors (Lipinski definition) is 1. The first kappa shape index (κ1) is 14.8. The molecule has 0 radical (unpaired) electrons. The molecule has 0 aromatic heterocycles. The minimum atomic E-state index is -0.332. The van der Waals surface area contributed by atoms with Crippen LogP contribution in [0.2, 0.25) is 0 Å². The van der Waals surface area contributed by atoms with E-state index in [4.69, 9.17) is 5.73 Å². The molecule has 0 aliphatic carbocycles. The molecule has 1 heterocycles. The summed E-state index contributed by atoms with van der Waals surface area (Å²) >= 11 is 0. The molecule has 104 valence electrons. The number of carbonyl (C=O) groups excluding carboxylic acids is 2. The highest BCUT2D eigenvalue weighted by Crippen LogP contribution is 2.15. The fraction of sp³-hybridized carbons (Fsp3) is 0.833. The Morgan fingerprint density at radius 1 is 1.17 bits per heavy atom. The number of methoxy groups -OCH3 is 1. The summed E-state index contributed by atoms with van der Waals surface area (Å²) in [7, 11) is 1.36. The lowest BCUT2D eigenvalue weighted by Gasteiger charge is -2.36. The van der Waals surface area contributed by atoms with E-state index in [0.717, 1.165) is 0 Å². The first-order chi connectivity index (χ1) is 8.51. The Hall–Kier alpha value is -1.30. The molecule has 0 saturated carbocycles. The van der Waals surface area contributed by atoms with Crippen LogP contribution in [0.25, 0.3) is 0 Å². The van der Waals surface area contributed by atoms with E-state index < -0.39 is 0 Å². The molecule has 0 spiro atoms. The van der Waals surface area contributed by atoms with Crippen LogP contribution in [0.5, 0.6) is 0 Å². The molecule has 1 rings (SSSR count). The summed E-state index contributed by atoms with van der Waals surface area (Å²) in [6.07, 6.45) is -0.332. The van der Waals surface area contributed by atoms with Crippen molar-refractivity contribution in [3.8, 4) is 0 Å². The van der Waals surface area contributed by atoms with E-state index in [0.29, 0.717) is 32.7 Å². The summed E-state index contributed by atoms with van der Waals surface area (Å²) in [4.78, 5) is 26.9. The molecular weight excluding hydrogens is 234 g/mol. The van der Waals surface area contributed by atoms with Crippen LogP contribution in [0.3, 0.4) is 0 Å². The quantitative estimate of drug-likeness (QED) is 0.779. The van der Waals surface area contributed by atoms with Crippen molar-refractivity contribution >= 4 is 12.0 Å². The van der Waals surface area contributed by atoms with E-state index in [9.17, 15) is 9.59 Å². The number of nitrogens with zero attached hydrogens (tertiary/aromatic N) is 2. The number of rotatable bonds is 3. The highest BCUT2D eigenvalue weighted by Gasteiger charge is 2.29. The predicted molar refractivity (Wildman–Crippen MR) is 67.9 cm³/mol. The normalized spacial score (nSPS) is 17.8. The second kappa shape index (κ2) is 6.58. The molecule has 1 fully saturated rings. The Balaban J connectivity index is 2.52. The molecule has 0 aromatic rings. The lowest BCUT2D eigenvalue weighted by Crippen LogP contribution is -2.53. The third-order valence-corrected chi connectivity index (χ3v) is 3.40. The van der Waals surface area contributed by atoms with E-state index in [2.05, 4.69) is 4.74 Å². The molecule has 0 aromatic carbocycles. The van der Waals surface area contributed by atoms with Crippen LogP contribution < -0.4 is 5.73 Å². The van der Waals surface area contributed by atoms with Gasteiger partial charge in [-0.2, -0.15) is 0 Å². The van der Waals surface area contributed by atoms with E-state index in [-0.39, 0.29) is 23.8 Å². The maximum atomic E-state index is 12.2. The highest BCUT2D eigenvalue weighted by atomic mass is 16.5. The molecule has 1 atom stereocenters. The smallest absolute Gasteiger partial charge is 0.409 e. The zero-order chi connectivity index (χ0) is 13.7. The van der Waals surface area contributed by atoms with Crippen LogP contribution in [0.15, 0.2) is 0 Å². The maximum Gasteiger partial charge on any atom is 0.409 e. The summed E-state index contributed by atoms with van der Waals surface area (Å²) in [6, 6.07) is 0. The van der Waals surface area contributed by atoms with Gasteiger partial charge in [-0.3, -0.25) is 4.79 Å². The van der Waals surface area contributed by atoms with Crippen molar-refractivity contribution in [2.24, 2.45) is 17.6 Å². The average Bonchev–Trinajstić information content (AvgIpc) is 2.38. The molecule has 1 saturated heterocycles. The molecule has 1 unspecified atom stereocenters. The van der Waals surface area contributed by atoms with Gasteiger partial charge in [-0.1, -0.05) is 13.8 Å². The largest absolute Gasteiger partial charge is 0.453 e. The van der Waals surface area contributed by atoms with Gasteiger partial charge in [0.2, 0.25) is 5.91 Å². The SMILES string of the molecule is COC(=O)N1CCN(C(=O)C(CN)C(C)C)CC1. The van der Waals surface area contributed by atoms with Crippen molar-refractivity contribution in [3.05, 3.63) is 0 Å². The van der Waals surface area contributed by atoms with Crippen molar-refractivity contribution < 1.29 is 14.3 Å². The number of ether oxygens (including phenoxy) is 1. The number of carbonyl (C=O) groups is 2. The van der Waals surface area contributed by atoms with Crippen LogP contribution in [0.1, 0.15) is 13.8 Å². The molecule has 18 heavy (non-hydrogen) atoms. The molecule has 0 bridgehead atoms. The van der Waals surface area contributed by atoms with Crippen LogP contribution in [0.4, 0.5) is 4.79 Å². The van der Waals surface area contributed by atoms with Crippen molar-refractivity contribution in [2.75, 3.05) is 39.8 Å². The van der Waals surface area contributed by atoms with Gasteiger partial charge in [0.15, 0.2) is 0 Å². The minimum Gasteiger partial charge on any atom is -0.453 e. The van der Waals surface area contributed by atoms with Crippen LogP contribution >= 0.6 is 0 Å². The lowest BCUT2D eigenvalue weighted by molar-refractivity contribution is -0.138. The summed E-state index contributed by atoms with van der Waals surface area (Å²) in [5.41, 5.74) is 5.65. The van der Waals surface area contributed by atoms with Crippen molar-refractivity contribution in [1.82, 2.24) is 9.80 Å². The van der Waals surface area contributed by atoms with Gasteiger partial charge in [-0.05, 0) is 5.92 Å². The lowest BCUT2D eigenvalue weighted by atomic mass is 9.94. The van der Waals surface area contributed by atoms with Gasteiger partial charge in [-0.25, -0.2) is 4.79 Å². The first-order valence-electron chi connectivity index (χ1n) is 6.33. The van der Waals surface area contributed by atoms with Gasteiger partial charge >= 0.3 is 6.09 Å².